The van der Waals surface area contributed by atoms with Crippen LogP contribution in [0.4, 0.5) is 0 Å². The zero-order chi connectivity index (χ0) is 10.8. The van der Waals surface area contributed by atoms with Crippen LogP contribution in [0.5, 0.6) is 0 Å². The average molecular weight is 211 g/mol. The van der Waals surface area contributed by atoms with Crippen molar-refractivity contribution in [1.29, 1.82) is 0 Å². The van der Waals surface area contributed by atoms with Gasteiger partial charge in [0.05, 0.1) is 12.2 Å². The number of aliphatic carboxylic acids is 1. The van der Waals surface area contributed by atoms with Gasteiger partial charge in [-0.2, -0.15) is 0 Å². The lowest BCUT2D eigenvalue weighted by Gasteiger charge is -2.19. The predicted molar refractivity (Wildman–Crippen MR) is 55.7 cm³/mol. The van der Waals surface area contributed by atoms with Crippen LogP contribution in [0.15, 0.2) is 11.6 Å². The van der Waals surface area contributed by atoms with Gasteiger partial charge in [-0.05, 0) is 26.2 Å². The van der Waals surface area contributed by atoms with Crippen molar-refractivity contribution in [2.75, 3.05) is 6.54 Å². The molecule has 2 N–H and O–H groups in total. The van der Waals surface area contributed by atoms with Gasteiger partial charge in [0.25, 0.3) is 0 Å². The van der Waals surface area contributed by atoms with Crippen molar-refractivity contribution >= 4 is 5.97 Å². The maximum atomic E-state index is 10.5. The van der Waals surface area contributed by atoms with Crippen LogP contribution in [0.25, 0.3) is 0 Å². The summed E-state index contributed by atoms with van der Waals surface area (Å²) in [5.74, 6) is -0.846. The van der Waals surface area contributed by atoms with E-state index < -0.39 is 5.97 Å². The third-order valence-corrected chi connectivity index (χ3v) is 3.23. The van der Waals surface area contributed by atoms with Crippen molar-refractivity contribution in [1.82, 2.24) is 5.32 Å². The minimum Gasteiger partial charge on any atom is -0.478 e. The summed E-state index contributed by atoms with van der Waals surface area (Å²) in [6.45, 7) is 2.23. The highest BCUT2D eigenvalue weighted by Crippen LogP contribution is 2.34. The first-order chi connectivity index (χ1) is 7.16. The minimum absolute atomic E-state index is 0.355. The first-order valence-electron chi connectivity index (χ1n) is 5.45. The molecule has 2 heterocycles. The second kappa shape index (κ2) is 4.33. The molecule has 2 aliphatic rings. The summed E-state index contributed by atoms with van der Waals surface area (Å²) in [6, 6.07) is 0.418. The maximum absolute atomic E-state index is 10.5. The molecule has 2 fully saturated rings. The average Bonchev–Trinajstić information content (AvgIpc) is 2.78. The molecule has 0 spiro atoms. The molecule has 2 rings (SSSR count). The number of carboxylic acid groups (broad SMARTS) is 1. The van der Waals surface area contributed by atoms with Crippen LogP contribution in [-0.4, -0.2) is 35.9 Å². The van der Waals surface area contributed by atoms with Crippen LogP contribution in [0, 0.1) is 0 Å². The highest BCUT2D eigenvalue weighted by atomic mass is 16.5. The van der Waals surface area contributed by atoms with E-state index in [2.05, 4.69) is 5.32 Å². The first-order valence-corrected chi connectivity index (χ1v) is 5.45. The number of ether oxygens (including phenoxy) is 1. The topological polar surface area (TPSA) is 58.6 Å². The van der Waals surface area contributed by atoms with E-state index in [1.165, 1.54) is 6.42 Å². The molecule has 84 valence electrons. The van der Waals surface area contributed by atoms with Gasteiger partial charge in [-0.15, -0.1) is 0 Å². The molecular weight excluding hydrogens is 194 g/mol. The van der Waals surface area contributed by atoms with Crippen molar-refractivity contribution in [3.8, 4) is 0 Å². The van der Waals surface area contributed by atoms with Crippen LogP contribution in [0.2, 0.25) is 0 Å². The zero-order valence-corrected chi connectivity index (χ0v) is 8.90. The Morgan fingerprint density at radius 2 is 2.40 bits per heavy atom. The van der Waals surface area contributed by atoms with Gasteiger partial charge in [-0.25, -0.2) is 4.79 Å². The highest BCUT2D eigenvalue weighted by Gasteiger charge is 2.40. The monoisotopic (exact) mass is 211 g/mol. The third kappa shape index (κ3) is 2.38. The molecule has 0 amide bonds. The van der Waals surface area contributed by atoms with E-state index in [0.717, 1.165) is 12.8 Å². The van der Waals surface area contributed by atoms with Crippen molar-refractivity contribution in [3.05, 3.63) is 11.6 Å². The largest absolute Gasteiger partial charge is 0.478 e. The van der Waals surface area contributed by atoms with Crippen molar-refractivity contribution in [2.45, 2.75) is 44.4 Å². The van der Waals surface area contributed by atoms with Crippen LogP contribution in [-0.2, 0) is 9.53 Å². The summed E-state index contributed by atoms with van der Waals surface area (Å²) in [7, 11) is 0. The number of carbonyl (C=O) groups is 1. The van der Waals surface area contributed by atoms with Crippen molar-refractivity contribution < 1.29 is 14.6 Å². The van der Waals surface area contributed by atoms with Gasteiger partial charge in [0.2, 0.25) is 0 Å². The first kappa shape index (κ1) is 10.6. The molecule has 0 aromatic carbocycles. The summed E-state index contributed by atoms with van der Waals surface area (Å²) < 4.78 is 5.69. The molecule has 0 aliphatic carbocycles. The van der Waals surface area contributed by atoms with E-state index >= 15 is 0 Å². The molecule has 3 atom stereocenters. The number of hydrogen-bond acceptors (Lipinski definition) is 3. The normalized spacial score (nSPS) is 34.7. The summed E-state index contributed by atoms with van der Waals surface area (Å²) in [5.41, 5.74) is 0.395. The molecule has 0 radical (unpaired) electrons. The summed E-state index contributed by atoms with van der Waals surface area (Å²) in [4.78, 5) is 10.5. The number of nitrogens with one attached hydrogen (secondary N) is 1. The van der Waals surface area contributed by atoms with Crippen LogP contribution in [0.3, 0.4) is 0 Å². The van der Waals surface area contributed by atoms with Gasteiger partial charge in [0.15, 0.2) is 0 Å². The Labute approximate surface area is 89.3 Å². The molecule has 2 aliphatic heterocycles. The molecular formula is C11H17NO3. The zero-order valence-electron chi connectivity index (χ0n) is 8.90. The molecule has 0 aromatic rings. The Bertz CT molecular complexity index is 288. The van der Waals surface area contributed by atoms with Gasteiger partial charge >= 0.3 is 5.97 Å². The standard InChI is InChI=1S/C11H17NO3/c1-7(11(13)14)4-5-12-9-6-8-2-3-10(9)15-8/h4,8-10,12H,2-3,5-6H2,1H3,(H,13,14). The highest BCUT2D eigenvalue weighted by molar-refractivity contribution is 5.85. The van der Waals surface area contributed by atoms with Crippen LogP contribution < -0.4 is 5.32 Å². The number of rotatable bonds is 4. The molecule has 2 bridgehead atoms. The molecule has 15 heavy (non-hydrogen) atoms. The fourth-order valence-corrected chi connectivity index (χ4v) is 2.30. The van der Waals surface area contributed by atoms with Crippen LogP contribution >= 0.6 is 0 Å². The minimum atomic E-state index is -0.846. The fraction of sp³-hybridized carbons (Fsp3) is 0.727. The second-order valence-corrected chi connectivity index (χ2v) is 4.32. The Kier molecular flexibility index (Phi) is 3.07. The molecule has 2 saturated heterocycles. The van der Waals surface area contributed by atoms with Gasteiger partial charge in [-0.1, -0.05) is 6.08 Å². The predicted octanol–water partition coefficient (Wildman–Crippen LogP) is 0.927. The quantitative estimate of drug-likeness (QED) is 0.679. The van der Waals surface area contributed by atoms with Gasteiger partial charge in [-0.3, -0.25) is 0 Å². The summed E-state index contributed by atoms with van der Waals surface area (Å²) in [5, 5.41) is 12.0. The van der Waals surface area contributed by atoms with Gasteiger partial charge < -0.3 is 15.2 Å². The second-order valence-electron chi connectivity index (χ2n) is 4.32. The van der Waals surface area contributed by atoms with Crippen LogP contribution in [0.1, 0.15) is 26.2 Å². The Hall–Kier alpha value is -0.870. The number of fused-ring (bicyclic) bond motifs is 2. The summed E-state index contributed by atoms with van der Waals surface area (Å²) >= 11 is 0. The van der Waals surface area contributed by atoms with E-state index in [4.69, 9.17) is 9.84 Å². The van der Waals surface area contributed by atoms with E-state index in [-0.39, 0.29) is 0 Å². The Balaban J connectivity index is 1.75. The lowest BCUT2D eigenvalue weighted by Crippen LogP contribution is -2.37. The third-order valence-electron chi connectivity index (χ3n) is 3.23. The number of hydrogen-bond donors (Lipinski definition) is 2. The Morgan fingerprint density at radius 3 is 2.93 bits per heavy atom. The molecule has 0 saturated carbocycles. The van der Waals surface area contributed by atoms with Gasteiger partial charge in [0.1, 0.15) is 0 Å². The van der Waals surface area contributed by atoms with Crippen molar-refractivity contribution in [3.63, 3.8) is 0 Å². The summed E-state index contributed by atoms with van der Waals surface area (Å²) in [6.07, 6.45) is 5.92. The van der Waals surface area contributed by atoms with E-state index in [1.807, 2.05) is 0 Å². The number of carboxylic acids is 1. The van der Waals surface area contributed by atoms with E-state index in [1.54, 1.807) is 13.0 Å². The molecule has 4 nitrogen and oxygen atoms in total. The maximum Gasteiger partial charge on any atom is 0.330 e. The smallest absolute Gasteiger partial charge is 0.330 e. The van der Waals surface area contributed by atoms with Gasteiger partial charge in [0, 0.05) is 18.2 Å². The molecule has 0 aromatic heterocycles. The van der Waals surface area contributed by atoms with Crippen molar-refractivity contribution in [2.24, 2.45) is 0 Å². The Morgan fingerprint density at radius 1 is 1.60 bits per heavy atom. The SMILES string of the molecule is CC(=CCNC1CC2CCC1O2)C(=O)O. The molecule has 3 unspecified atom stereocenters. The molecule has 4 heteroatoms. The van der Waals surface area contributed by atoms with E-state index in [9.17, 15) is 4.79 Å². The lowest BCUT2D eigenvalue weighted by atomic mass is 9.95. The van der Waals surface area contributed by atoms with E-state index in [0.29, 0.717) is 30.4 Å². The lowest BCUT2D eigenvalue weighted by molar-refractivity contribution is -0.132. The fourth-order valence-electron chi connectivity index (χ4n) is 2.30.